The molecule has 0 spiro atoms. The number of methoxy groups -OCH3 is 1. The maximum absolute atomic E-state index is 11.6. The lowest BCUT2D eigenvalue weighted by Gasteiger charge is -2.08. The highest BCUT2D eigenvalue weighted by Crippen LogP contribution is 2.22. The van der Waals surface area contributed by atoms with Gasteiger partial charge >= 0.3 is 5.97 Å². The van der Waals surface area contributed by atoms with Crippen LogP contribution in [-0.2, 0) is 11.3 Å². The smallest absolute Gasteiger partial charge is 0.356 e. The highest BCUT2D eigenvalue weighted by atomic mass is 16.5. The molecule has 0 aliphatic heterocycles. The topological polar surface area (TPSA) is 61.3 Å². The highest BCUT2D eigenvalue weighted by Gasteiger charge is 2.10. The zero-order chi connectivity index (χ0) is 16.8. The minimum absolute atomic E-state index is 0.220. The second-order valence-corrected chi connectivity index (χ2v) is 5.06. The first-order valence-electron chi connectivity index (χ1n) is 7.45. The van der Waals surface area contributed by atoms with Crippen LogP contribution in [0.1, 0.15) is 16.1 Å². The number of hydrogen-bond acceptors (Lipinski definition) is 5. The van der Waals surface area contributed by atoms with Gasteiger partial charge < -0.3 is 9.47 Å². The second-order valence-electron chi connectivity index (χ2n) is 5.06. The Kier molecular flexibility index (Phi) is 4.81. The van der Waals surface area contributed by atoms with Crippen LogP contribution in [-0.4, -0.2) is 23.0 Å². The van der Waals surface area contributed by atoms with Gasteiger partial charge in [0, 0.05) is 11.8 Å². The fourth-order valence-electron chi connectivity index (χ4n) is 2.18. The number of nitrogens with zero attached hydrogens (tertiary/aromatic N) is 2. The summed E-state index contributed by atoms with van der Waals surface area (Å²) in [5.74, 6) is 0.668. The van der Waals surface area contributed by atoms with Gasteiger partial charge in [-0.25, -0.2) is 14.8 Å². The van der Waals surface area contributed by atoms with Gasteiger partial charge in [-0.15, -0.1) is 0 Å². The van der Waals surface area contributed by atoms with Gasteiger partial charge in [-0.05, 0) is 23.8 Å². The molecule has 3 aromatic rings. The van der Waals surface area contributed by atoms with Crippen molar-refractivity contribution in [1.82, 2.24) is 9.97 Å². The fourth-order valence-corrected chi connectivity index (χ4v) is 2.18. The van der Waals surface area contributed by atoms with E-state index in [0.29, 0.717) is 18.2 Å². The summed E-state index contributed by atoms with van der Waals surface area (Å²) in [6, 6.07) is 18.9. The average molecular weight is 320 g/mol. The van der Waals surface area contributed by atoms with Crippen LogP contribution in [0.4, 0.5) is 0 Å². The minimum atomic E-state index is -0.491. The Morgan fingerprint density at radius 2 is 1.88 bits per heavy atom. The molecule has 0 N–H and O–H groups in total. The molecule has 2 aromatic carbocycles. The monoisotopic (exact) mass is 320 g/mol. The molecule has 0 amide bonds. The molecular weight excluding hydrogens is 304 g/mol. The summed E-state index contributed by atoms with van der Waals surface area (Å²) in [6.07, 6.45) is 1.53. The molecular formula is C19H16N2O3. The van der Waals surface area contributed by atoms with E-state index in [4.69, 9.17) is 4.74 Å². The van der Waals surface area contributed by atoms with E-state index in [9.17, 15) is 4.79 Å². The molecule has 0 unspecified atom stereocenters. The lowest BCUT2D eigenvalue weighted by molar-refractivity contribution is 0.0594. The predicted molar refractivity (Wildman–Crippen MR) is 89.6 cm³/mol. The molecule has 0 radical (unpaired) electrons. The van der Waals surface area contributed by atoms with E-state index in [1.807, 2.05) is 54.6 Å². The molecule has 0 saturated heterocycles. The van der Waals surface area contributed by atoms with Crippen molar-refractivity contribution in [3.63, 3.8) is 0 Å². The van der Waals surface area contributed by atoms with Crippen molar-refractivity contribution in [1.29, 1.82) is 0 Å². The Hall–Kier alpha value is -3.21. The number of ether oxygens (including phenoxy) is 2. The summed E-state index contributed by atoms with van der Waals surface area (Å²) in [5, 5.41) is 0. The first kappa shape index (κ1) is 15.7. The number of carbonyl (C=O) groups excluding carboxylic acids is 1. The maximum atomic E-state index is 11.6. The average Bonchev–Trinajstić information content (AvgIpc) is 2.67. The van der Waals surface area contributed by atoms with Crippen molar-refractivity contribution < 1.29 is 14.3 Å². The lowest BCUT2D eigenvalue weighted by Crippen LogP contribution is -2.05. The third-order valence-electron chi connectivity index (χ3n) is 3.39. The summed E-state index contributed by atoms with van der Waals surface area (Å²) in [4.78, 5) is 20.0. The molecule has 5 heteroatoms. The summed E-state index contributed by atoms with van der Waals surface area (Å²) in [6.45, 7) is 0.480. The van der Waals surface area contributed by atoms with Gasteiger partial charge in [0.15, 0.2) is 11.5 Å². The molecule has 0 saturated carbocycles. The van der Waals surface area contributed by atoms with Crippen LogP contribution in [0.2, 0.25) is 0 Å². The quantitative estimate of drug-likeness (QED) is 0.673. The van der Waals surface area contributed by atoms with Gasteiger partial charge in [0.25, 0.3) is 0 Å². The zero-order valence-corrected chi connectivity index (χ0v) is 13.2. The van der Waals surface area contributed by atoms with Crippen LogP contribution in [0, 0.1) is 0 Å². The van der Waals surface area contributed by atoms with E-state index in [0.717, 1.165) is 11.1 Å². The third-order valence-corrected chi connectivity index (χ3v) is 3.39. The molecule has 0 bridgehead atoms. The first-order chi connectivity index (χ1) is 11.8. The van der Waals surface area contributed by atoms with Crippen molar-refractivity contribution in [3.8, 4) is 17.1 Å². The van der Waals surface area contributed by atoms with Crippen molar-refractivity contribution in [2.24, 2.45) is 0 Å². The molecule has 1 heterocycles. The number of rotatable bonds is 5. The predicted octanol–water partition coefficient (Wildman–Crippen LogP) is 3.51. The largest absolute Gasteiger partial charge is 0.489 e. The number of esters is 1. The van der Waals surface area contributed by atoms with E-state index in [1.165, 1.54) is 19.4 Å². The molecule has 1 aromatic heterocycles. The van der Waals surface area contributed by atoms with Crippen LogP contribution in [0.25, 0.3) is 11.4 Å². The van der Waals surface area contributed by atoms with Gasteiger partial charge in [0.1, 0.15) is 12.4 Å². The molecule has 120 valence electrons. The van der Waals surface area contributed by atoms with Crippen LogP contribution < -0.4 is 4.74 Å². The Labute approximate surface area is 139 Å². The van der Waals surface area contributed by atoms with Gasteiger partial charge in [0.05, 0.1) is 7.11 Å². The number of hydrogen-bond donors (Lipinski definition) is 0. The van der Waals surface area contributed by atoms with Crippen molar-refractivity contribution in [2.75, 3.05) is 7.11 Å². The number of aromatic nitrogens is 2. The van der Waals surface area contributed by atoms with Gasteiger partial charge in [-0.2, -0.15) is 0 Å². The SMILES string of the molecule is COC(=O)c1ccnc(-c2cccc(OCc3ccccc3)c2)n1. The Morgan fingerprint density at radius 3 is 2.67 bits per heavy atom. The van der Waals surface area contributed by atoms with Gasteiger partial charge in [0.2, 0.25) is 0 Å². The Morgan fingerprint density at radius 1 is 1.04 bits per heavy atom. The molecule has 0 fully saturated rings. The van der Waals surface area contributed by atoms with Crippen LogP contribution >= 0.6 is 0 Å². The number of carbonyl (C=O) groups is 1. The molecule has 0 aliphatic carbocycles. The third kappa shape index (κ3) is 3.76. The maximum Gasteiger partial charge on any atom is 0.356 e. The standard InChI is InChI=1S/C19H16N2O3/c1-23-19(22)17-10-11-20-18(21-17)15-8-5-9-16(12-15)24-13-14-6-3-2-4-7-14/h2-12H,13H2,1H3. The lowest BCUT2D eigenvalue weighted by atomic mass is 10.2. The Bertz CT molecular complexity index is 835. The van der Waals surface area contributed by atoms with Crippen molar-refractivity contribution in [2.45, 2.75) is 6.61 Å². The summed E-state index contributed by atoms with van der Waals surface area (Å²) < 4.78 is 10.5. The fraction of sp³-hybridized carbons (Fsp3) is 0.105. The van der Waals surface area contributed by atoms with Gasteiger partial charge in [-0.3, -0.25) is 0 Å². The molecule has 0 atom stereocenters. The number of benzene rings is 2. The van der Waals surface area contributed by atoms with E-state index < -0.39 is 5.97 Å². The summed E-state index contributed by atoms with van der Waals surface area (Å²) in [7, 11) is 1.32. The molecule has 5 nitrogen and oxygen atoms in total. The summed E-state index contributed by atoms with van der Waals surface area (Å²) in [5.41, 5.74) is 2.08. The molecule has 24 heavy (non-hydrogen) atoms. The molecule has 3 rings (SSSR count). The van der Waals surface area contributed by atoms with Crippen LogP contribution in [0.15, 0.2) is 66.9 Å². The van der Waals surface area contributed by atoms with Crippen molar-refractivity contribution >= 4 is 5.97 Å². The Balaban J connectivity index is 1.79. The second kappa shape index (κ2) is 7.37. The van der Waals surface area contributed by atoms with Crippen LogP contribution in [0.5, 0.6) is 5.75 Å². The normalized spacial score (nSPS) is 10.2. The first-order valence-corrected chi connectivity index (χ1v) is 7.45. The van der Waals surface area contributed by atoms with E-state index in [-0.39, 0.29) is 5.69 Å². The summed E-state index contributed by atoms with van der Waals surface area (Å²) >= 11 is 0. The van der Waals surface area contributed by atoms with Gasteiger partial charge in [-0.1, -0.05) is 42.5 Å². The molecule has 0 aliphatic rings. The minimum Gasteiger partial charge on any atom is -0.489 e. The van der Waals surface area contributed by atoms with E-state index >= 15 is 0 Å². The van der Waals surface area contributed by atoms with Crippen LogP contribution in [0.3, 0.4) is 0 Å². The highest BCUT2D eigenvalue weighted by molar-refractivity contribution is 5.87. The van der Waals surface area contributed by atoms with E-state index in [2.05, 4.69) is 14.7 Å². The van der Waals surface area contributed by atoms with E-state index in [1.54, 1.807) is 0 Å². The zero-order valence-electron chi connectivity index (χ0n) is 13.2. The van der Waals surface area contributed by atoms with Crippen molar-refractivity contribution in [3.05, 3.63) is 78.1 Å².